The van der Waals surface area contributed by atoms with Crippen molar-refractivity contribution in [1.29, 1.82) is 0 Å². The summed E-state index contributed by atoms with van der Waals surface area (Å²) in [5, 5.41) is 0. The Morgan fingerprint density at radius 1 is 2.00 bits per heavy atom. The van der Waals surface area contributed by atoms with Crippen molar-refractivity contribution in [2.45, 2.75) is 19.4 Å². The van der Waals surface area contributed by atoms with Crippen LogP contribution in [0.1, 0.15) is 13.3 Å². The van der Waals surface area contributed by atoms with E-state index in [0.29, 0.717) is 6.10 Å². The van der Waals surface area contributed by atoms with E-state index >= 15 is 0 Å². The number of hydrogen-bond donors (Lipinski definition) is 0. The first-order valence-corrected chi connectivity index (χ1v) is 2.33. The van der Waals surface area contributed by atoms with Gasteiger partial charge in [0, 0.05) is 0 Å². The largest absolute Gasteiger partial charge is 0.376 e. The Labute approximate surface area is 38.3 Å². The van der Waals surface area contributed by atoms with Crippen molar-refractivity contribution in [2.24, 2.45) is 0 Å². The zero-order valence-electron chi connectivity index (χ0n) is 3.98. The molecule has 1 nitrogen and oxygen atoms in total. The van der Waals surface area contributed by atoms with Gasteiger partial charge in [-0.3, -0.25) is 0 Å². The maximum absolute atomic E-state index is 4.92. The number of ether oxygens (including phenoxy) is 1. The predicted molar refractivity (Wildman–Crippen MR) is 24.3 cm³/mol. The molecule has 1 heteroatoms. The molecule has 36 valence electrons. The first-order chi connectivity index (χ1) is 2.93. The van der Waals surface area contributed by atoms with Crippen molar-refractivity contribution in [2.75, 3.05) is 6.61 Å². The third kappa shape index (κ3) is 0.977. The third-order valence-corrected chi connectivity index (χ3v) is 0.901. The molecule has 1 aliphatic rings. The summed E-state index contributed by atoms with van der Waals surface area (Å²) in [6, 6.07) is 0. The Hall–Kier alpha value is -0.0400. The van der Waals surface area contributed by atoms with Crippen LogP contribution in [0.25, 0.3) is 0 Å². The highest BCUT2D eigenvalue weighted by atomic mass is 16.6. The van der Waals surface area contributed by atoms with E-state index in [1.54, 1.807) is 0 Å². The molecule has 0 aliphatic carbocycles. The second kappa shape index (κ2) is 1.61. The lowest BCUT2D eigenvalue weighted by atomic mass is 10.3. The molecule has 0 aromatic rings. The predicted octanol–water partition coefficient (Wildman–Crippen LogP) is 0.999. The fraction of sp³-hybridized carbons (Fsp3) is 0.800. The second-order valence-corrected chi connectivity index (χ2v) is 1.60. The van der Waals surface area contributed by atoms with Crippen LogP contribution in [-0.4, -0.2) is 12.7 Å². The minimum absolute atomic E-state index is 0.593. The molecular weight excluding hydrogens is 76.1 g/mol. The average Bonchev–Trinajstić information content (AvgIpc) is 2.21. The second-order valence-electron chi connectivity index (χ2n) is 1.60. The standard InChI is InChI=1S/C5H9O/c1-2-3-5-4-6-5/h2,5H,3-4H2,1H3/q-1. The Kier molecular flexibility index (Phi) is 1.10. The molecule has 1 atom stereocenters. The molecule has 1 saturated heterocycles. The van der Waals surface area contributed by atoms with Gasteiger partial charge in [0.2, 0.25) is 0 Å². The van der Waals surface area contributed by atoms with Gasteiger partial charge in [-0.2, -0.15) is 13.3 Å². The van der Waals surface area contributed by atoms with Crippen molar-refractivity contribution < 1.29 is 4.74 Å². The van der Waals surface area contributed by atoms with Crippen LogP contribution in [0.15, 0.2) is 0 Å². The molecule has 0 aromatic heterocycles. The summed E-state index contributed by atoms with van der Waals surface area (Å²) < 4.78 is 4.92. The molecule has 0 spiro atoms. The van der Waals surface area contributed by atoms with Gasteiger partial charge in [-0.15, -0.1) is 0 Å². The summed E-state index contributed by atoms with van der Waals surface area (Å²) >= 11 is 0. The van der Waals surface area contributed by atoms with E-state index in [-0.39, 0.29) is 0 Å². The Balaban J connectivity index is 1.88. The molecule has 0 N–H and O–H groups in total. The van der Waals surface area contributed by atoms with Crippen molar-refractivity contribution in [3.05, 3.63) is 6.42 Å². The summed E-state index contributed by atoms with van der Waals surface area (Å²) in [5.74, 6) is 0. The van der Waals surface area contributed by atoms with E-state index in [2.05, 4.69) is 13.3 Å². The zero-order chi connectivity index (χ0) is 4.41. The highest BCUT2D eigenvalue weighted by molar-refractivity contribution is 4.74. The molecule has 0 saturated carbocycles. The maximum Gasteiger partial charge on any atom is 0.0707 e. The molecule has 6 heavy (non-hydrogen) atoms. The van der Waals surface area contributed by atoms with E-state index in [0.717, 1.165) is 13.0 Å². The molecule has 1 fully saturated rings. The highest BCUT2D eigenvalue weighted by Gasteiger charge is 2.15. The van der Waals surface area contributed by atoms with Gasteiger partial charge in [-0.05, 0) is 0 Å². The highest BCUT2D eigenvalue weighted by Crippen LogP contribution is 2.13. The van der Waals surface area contributed by atoms with Crippen molar-refractivity contribution in [3.63, 3.8) is 0 Å². The third-order valence-electron chi connectivity index (χ3n) is 0.901. The van der Waals surface area contributed by atoms with Gasteiger partial charge >= 0.3 is 0 Å². The molecule has 0 amide bonds. The molecule has 1 unspecified atom stereocenters. The minimum atomic E-state index is 0.593. The number of epoxide rings is 1. The van der Waals surface area contributed by atoms with Crippen molar-refractivity contribution in [3.8, 4) is 0 Å². The Morgan fingerprint density at radius 3 is 2.83 bits per heavy atom. The van der Waals surface area contributed by atoms with E-state index in [9.17, 15) is 0 Å². The molecule has 0 radical (unpaired) electrons. The first kappa shape index (κ1) is 4.13. The molecule has 0 bridgehead atoms. The van der Waals surface area contributed by atoms with Crippen LogP contribution < -0.4 is 0 Å². The molecule has 1 aliphatic heterocycles. The normalized spacial score (nSPS) is 30.5. The summed E-state index contributed by atoms with van der Waals surface area (Å²) in [5.41, 5.74) is 0. The summed E-state index contributed by atoms with van der Waals surface area (Å²) in [7, 11) is 0. The van der Waals surface area contributed by atoms with E-state index < -0.39 is 0 Å². The van der Waals surface area contributed by atoms with Crippen molar-refractivity contribution in [1.82, 2.24) is 0 Å². The molecule has 1 heterocycles. The SMILES string of the molecule is C[CH-]CC1CO1. The van der Waals surface area contributed by atoms with Crippen LogP contribution in [0, 0.1) is 6.42 Å². The van der Waals surface area contributed by atoms with Gasteiger partial charge in [-0.25, -0.2) is 0 Å². The maximum atomic E-state index is 4.92. The molecule has 0 aromatic carbocycles. The molecular formula is C5H9O-. The van der Waals surface area contributed by atoms with Crippen LogP contribution in [0.5, 0.6) is 0 Å². The monoisotopic (exact) mass is 85.1 g/mol. The zero-order valence-corrected chi connectivity index (χ0v) is 3.98. The van der Waals surface area contributed by atoms with Crippen LogP contribution >= 0.6 is 0 Å². The van der Waals surface area contributed by atoms with Gasteiger partial charge in [0.25, 0.3) is 0 Å². The summed E-state index contributed by atoms with van der Waals surface area (Å²) in [6.45, 7) is 3.05. The first-order valence-electron chi connectivity index (χ1n) is 2.33. The van der Waals surface area contributed by atoms with E-state index in [1.807, 2.05) is 0 Å². The van der Waals surface area contributed by atoms with Crippen LogP contribution in [0.4, 0.5) is 0 Å². The number of hydrogen-bond acceptors (Lipinski definition) is 1. The lowest BCUT2D eigenvalue weighted by molar-refractivity contribution is 0.406. The lowest BCUT2D eigenvalue weighted by Crippen LogP contribution is -1.79. The van der Waals surface area contributed by atoms with Gasteiger partial charge < -0.3 is 11.2 Å². The van der Waals surface area contributed by atoms with Gasteiger partial charge in [0.05, 0.1) is 12.7 Å². The Morgan fingerprint density at radius 2 is 2.67 bits per heavy atom. The average molecular weight is 85.1 g/mol. The van der Waals surface area contributed by atoms with Gasteiger partial charge in [0.15, 0.2) is 0 Å². The summed E-state index contributed by atoms with van der Waals surface area (Å²) in [4.78, 5) is 0. The summed E-state index contributed by atoms with van der Waals surface area (Å²) in [6.07, 6.45) is 3.87. The fourth-order valence-electron chi connectivity index (χ4n) is 0.467. The minimum Gasteiger partial charge on any atom is -0.376 e. The topological polar surface area (TPSA) is 12.5 Å². The fourth-order valence-corrected chi connectivity index (χ4v) is 0.467. The van der Waals surface area contributed by atoms with Gasteiger partial charge in [0.1, 0.15) is 0 Å². The van der Waals surface area contributed by atoms with Gasteiger partial charge in [-0.1, -0.05) is 0 Å². The smallest absolute Gasteiger partial charge is 0.0707 e. The van der Waals surface area contributed by atoms with Crippen LogP contribution in [-0.2, 0) is 4.74 Å². The van der Waals surface area contributed by atoms with Crippen molar-refractivity contribution >= 4 is 0 Å². The van der Waals surface area contributed by atoms with Crippen LogP contribution in [0.2, 0.25) is 0 Å². The Bertz CT molecular complexity index is 39.2. The quantitative estimate of drug-likeness (QED) is 0.360. The van der Waals surface area contributed by atoms with E-state index in [1.165, 1.54) is 0 Å². The lowest BCUT2D eigenvalue weighted by Gasteiger charge is -1.93. The number of rotatable bonds is 2. The van der Waals surface area contributed by atoms with E-state index in [4.69, 9.17) is 4.74 Å². The van der Waals surface area contributed by atoms with Crippen LogP contribution in [0.3, 0.4) is 0 Å². The molecule has 1 rings (SSSR count).